The van der Waals surface area contributed by atoms with E-state index < -0.39 is 30.5 Å². The SMILES string of the molecule is COC(=O)[C@H]1O[C@H](OC)C[C@H](NC(C)=O)[C@H]1O. The average molecular weight is 247 g/mol. The van der Waals surface area contributed by atoms with Crippen molar-refractivity contribution in [2.24, 2.45) is 0 Å². The van der Waals surface area contributed by atoms with Crippen LogP contribution in [0, 0.1) is 0 Å². The van der Waals surface area contributed by atoms with Gasteiger partial charge in [-0.05, 0) is 0 Å². The number of hydrogen-bond acceptors (Lipinski definition) is 6. The molecule has 7 heteroatoms. The molecule has 0 aromatic heterocycles. The second kappa shape index (κ2) is 5.95. The molecule has 1 aliphatic heterocycles. The highest BCUT2D eigenvalue weighted by Crippen LogP contribution is 2.21. The van der Waals surface area contributed by atoms with Gasteiger partial charge in [0.1, 0.15) is 6.10 Å². The zero-order valence-corrected chi connectivity index (χ0v) is 10.0. The molecule has 0 unspecified atom stereocenters. The van der Waals surface area contributed by atoms with Crippen molar-refractivity contribution in [3.63, 3.8) is 0 Å². The van der Waals surface area contributed by atoms with Gasteiger partial charge in [0.05, 0.1) is 13.2 Å². The van der Waals surface area contributed by atoms with Gasteiger partial charge in [-0.25, -0.2) is 4.79 Å². The van der Waals surface area contributed by atoms with E-state index in [1.165, 1.54) is 21.1 Å². The Morgan fingerprint density at radius 1 is 1.41 bits per heavy atom. The molecule has 0 aromatic rings. The molecule has 98 valence electrons. The first kappa shape index (κ1) is 13.9. The van der Waals surface area contributed by atoms with Crippen LogP contribution in [0.5, 0.6) is 0 Å². The Kier molecular flexibility index (Phi) is 4.86. The Balaban J connectivity index is 2.77. The van der Waals surface area contributed by atoms with Crippen LogP contribution in [0.15, 0.2) is 0 Å². The molecular formula is C10H17NO6. The number of hydrogen-bond donors (Lipinski definition) is 2. The zero-order chi connectivity index (χ0) is 13.0. The van der Waals surface area contributed by atoms with Gasteiger partial charge >= 0.3 is 5.97 Å². The normalized spacial score (nSPS) is 32.9. The third-order valence-corrected chi connectivity index (χ3v) is 2.55. The molecule has 7 nitrogen and oxygen atoms in total. The van der Waals surface area contributed by atoms with Crippen LogP contribution in [0.4, 0.5) is 0 Å². The van der Waals surface area contributed by atoms with Gasteiger partial charge < -0.3 is 24.6 Å². The molecule has 1 rings (SSSR count). The number of ether oxygens (including phenoxy) is 3. The number of esters is 1. The first-order chi connectivity index (χ1) is 7.99. The summed E-state index contributed by atoms with van der Waals surface area (Å²) in [6.07, 6.45) is -2.71. The van der Waals surface area contributed by atoms with Crippen LogP contribution in [-0.4, -0.2) is 55.7 Å². The van der Waals surface area contributed by atoms with Gasteiger partial charge in [-0.15, -0.1) is 0 Å². The van der Waals surface area contributed by atoms with Crippen LogP contribution in [0.3, 0.4) is 0 Å². The van der Waals surface area contributed by atoms with E-state index >= 15 is 0 Å². The first-order valence-corrected chi connectivity index (χ1v) is 5.20. The zero-order valence-electron chi connectivity index (χ0n) is 10.0. The Labute approximate surface area is 99.0 Å². The van der Waals surface area contributed by atoms with Crippen LogP contribution in [0.1, 0.15) is 13.3 Å². The molecule has 1 fully saturated rings. The van der Waals surface area contributed by atoms with Gasteiger partial charge in [0, 0.05) is 20.5 Å². The van der Waals surface area contributed by atoms with Gasteiger partial charge in [-0.3, -0.25) is 4.79 Å². The fourth-order valence-electron chi connectivity index (χ4n) is 1.73. The lowest BCUT2D eigenvalue weighted by atomic mass is 9.98. The maximum Gasteiger partial charge on any atom is 0.337 e. The number of aliphatic hydroxyl groups excluding tert-OH is 1. The summed E-state index contributed by atoms with van der Waals surface area (Å²) in [5.74, 6) is -0.996. The van der Waals surface area contributed by atoms with E-state index in [0.717, 1.165) is 0 Å². The fraction of sp³-hybridized carbons (Fsp3) is 0.800. The summed E-state index contributed by atoms with van der Waals surface area (Å²) in [5, 5.41) is 12.4. The highest BCUT2D eigenvalue weighted by atomic mass is 16.7. The maximum atomic E-state index is 11.4. The minimum Gasteiger partial charge on any atom is -0.467 e. The molecule has 4 atom stereocenters. The Hall–Kier alpha value is -1.18. The van der Waals surface area contributed by atoms with E-state index in [1.807, 2.05) is 0 Å². The Morgan fingerprint density at radius 2 is 2.06 bits per heavy atom. The van der Waals surface area contributed by atoms with Crippen molar-refractivity contribution in [2.75, 3.05) is 14.2 Å². The van der Waals surface area contributed by atoms with E-state index in [0.29, 0.717) is 0 Å². The summed E-state index contributed by atoms with van der Waals surface area (Å²) in [6.45, 7) is 1.33. The molecule has 2 N–H and O–H groups in total. The van der Waals surface area contributed by atoms with Crippen molar-refractivity contribution in [3.8, 4) is 0 Å². The lowest BCUT2D eigenvalue weighted by Gasteiger charge is -2.37. The molecule has 1 saturated heterocycles. The third kappa shape index (κ3) is 3.39. The number of rotatable bonds is 3. The monoisotopic (exact) mass is 247 g/mol. The van der Waals surface area contributed by atoms with Crippen LogP contribution >= 0.6 is 0 Å². The third-order valence-electron chi connectivity index (χ3n) is 2.55. The fourth-order valence-corrected chi connectivity index (χ4v) is 1.73. The molecule has 1 amide bonds. The van der Waals surface area contributed by atoms with Gasteiger partial charge in [0.2, 0.25) is 5.91 Å². The molecule has 0 saturated carbocycles. The number of carbonyl (C=O) groups excluding carboxylic acids is 2. The number of aliphatic hydroxyl groups is 1. The predicted octanol–water partition coefficient (Wildman–Crippen LogP) is -1.21. The minimum atomic E-state index is -1.16. The largest absolute Gasteiger partial charge is 0.467 e. The minimum absolute atomic E-state index is 0.269. The topological polar surface area (TPSA) is 94.1 Å². The van der Waals surface area contributed by atoms with E-state index in [9.17, 15) is 14.7 Å². The molecule has 1 aliphatic rings. The molecule has 0 radical (unpaired) electrons. The highest BCUT2D eigenvalue weighted by Gasteiger charge is 2.42. The van der Waals surface area contributed by atoms with Gasteiger partial charge in [0.25, 0.3) is 0 Å². The van der Waals surface area contributed by atoms with Gasteiger partial charge in [-0.1, -0.05) is 0 Å². The summed E-state index contributed by atoms with van der Waals surface area (Å²) in [4.78, 5) is 22.4. The van der Waals surface area contributed by atoms with E-state index in [4.69, 9.17) is 9.47 Å². The summed E-state index contributed by atoms with van der Waals surface area (Å²) >= 11 is 0. The molecule has 0 aromatic carbocycles. The smallest absolute Gasteiger partial charge is 0.337 e. The summed E-state index contributed by atoms with van der Waals surface area (Å²) in [7, 11) is 2.61. The average Bonchev–Trinajstić information content (AvgIpc) is 2.30. The number of methoxy groups -OCH3 is 2. The highest BCUT2D eigenvalue weighted by molar-refractivity contribution is 5.76. The number of carbonyl (C=O) groups is 2. The first-order valence-electron chi connectivity index (χ1n) is 5.20. The van der Waals surface area contributed by atoms with Crippen molar-refractivity contribution in [1.29, 1.82) is 0 Å². The molecule has 0 spiro atoms. The van der Waals surface area contributed by atoms with Crippen molar-refractivity contribution >= 4 is 11.9 Å². The quantitative estimate of drug-likeness (QED) is 0.607. The lowest BCUT2D eigenvalue weighted by Crippen LogP contribution is -2.58. The molecule has 1 heterocycles. The van der Waals surface area contributed by atoms with Crippen LogP contribution in [-0.2, 0) is 23.8 Å². The van der Waals surface area contributed by atoms with Crippen LogP contribution in [0.25, 0.3) is 0 Å². The molecular weight excluding hydrogens is 230 g/mol. The van der Waals surface area contributed by atoms with Crippen LogP contribution < -0.4 is 5.32 Å². The predicted molar refractivity (Wildman–Crippen MR) is 55.9 cm³/mol. The van der Waals surface area contributed by atoms with Gasteiger partial charge in [0.15, 0.2) is 12.4 Å². The van der Waals surface area contributed by atoms with Gasteiger partial charge in [-0.2, -0.15) is 0 Å². The van der Waals surface area contributed by atoms with Crippen molar-refractivity contribution in [1.82, 2.24) is 5.32 Å². The molecule has 0 bridgehead atoms. The van der Waals surface area contributed by atoms with Crippen molar-refractivity contribution in [2.45, 2.75) is 37.9 Å². The van der Waals surface area contributed by atoms with E-state index in [-0.39, 0.29) is 12.3 Å². The van der Waals surface area contributed by atoms with Crippen LogP contribution in [0.2, 0.25) is 0 Å². The molecule has 0 aliphatic carbocycles. The summed E-state index contributed by atoms with van der Waals surface area (Å²) in [6, 6.07) is -0.602. The second-order valence-electron chi connectivity index (χ2n) is 3.78. The standard InChI is InChI=1S/C10H17NO6/c1-5(12)11-6-4-7(15-2)17-9(8(6)13)10(14)16-3/h6-9,13H,4H2,1-3H3,(H,11,12)/t6-,7-,8+,9-/m0/s1. The number of nitrogens with one attached hydrogen (secondary N) is 1. The van der Waals surface area contributed by atoms with Crippen molar-refractivity contribution < 1.29 is 28.9 Å². The number of amides is 1. The van der Waals surface area contributed by atoms with E-state index in [2.05, 4.69) is 10.1 Å². The maximum absolute atomic E-state index is 11.4. The van der Waals surface area contributed by atoms with Crippen molar-refractivity contribution in [3.05, 3.63) is 0 Å². The second-order valence-corrected chi connectivity index (χ2v) is 3.78. The lowest BCUT2D eigenvalue weighted by molar-refractivity contribution is -0.228. The Bertz CT molecular complexity index is 295. The Morgan fingerprint density at radius 3 is 2.53 bits per heavy atom. The van der Waals surface area contributed by atoms with E-state index in [1.54, 1.807) is 0 Å². The summed E-state index contributed by atoms with van der Waals surface area (Å²) in [5.41, 5.74) is 0. The summed E-state index contributed by atoms with van der Waals surface area (Å²) < 4.78 is 14.7. The molecule has 17 heavy (non-hydrogen) atoms.